The maximum atomic E-state index is 10.7. The van der Waals surface area contributed by atoms with Crippen LogP contribution in [0.2, 0.25) is 5.02 Å². The maximum absolute atomic E-state index is 10.7. The van der Waals surface area contributed by atoms with Crippen molar-refractivity contribution in [1.29, 1.82) is 0 Å². The summed E-state index contributed by atoms with van der Waals surface area (Å²) >= 11 is 6.03. The van der Waals surface area contributed by atoms with Crippen LogP contribution in [0.4, 0.5) is 5.69 Å². The third-order valence-corrected chi connectivity index (χ3v) is 3.39. The van der Waals surface area contributed by atoms with Crippen LogP contribution in [0.25, 0.3) is 0 Å². The number of ether oxygens (including phenoxy) is 1. The van der Waals surface area contributed by atoms with Crippen LogP contribution in [0.5, 0.6) is 5.75 Å². The Morgan fingerprint density at radius 2 is 2.05 bits per heavy atom. The van der Waals surface area contributed by atoms with Gasteiger partial charge in [-0.1, -0.05) is 29.8 Å². The monoisotopic (exact) mass is 306 g/mol. The van der Waals surface area contributed by atoms with E-state index in [2.05, 4.69) is 0 Å². The first kappa shape index (κ1) is 15.3. The Morgan fingerprint density at radius 1 is 1.33 bits per heavy atom. The second kappa shape index (κ2) is 6.56. The minimum absolute atomic E-state index is 0.0419. The largest absolute Gasteiger partial charge is 0.489 e. The van der Waals surface area contributed by atoms with Gasteiger partial charge in [-0.25, -0.2) is 0 Å². The first-order chi connectivity index (χ1) is 9.99. The molecule has 5 nitrogen and oxygen atoms in total. The van der Waals surface area contributed by atoms with Crippen LogP contribution in [0.15, 0.2) is 42.5 Å². The zero-order valence-corrected chi connectivity index (χ0v) is 12.2. The van der Waals surface area contributed by atoms with Gasteiger partial charge >= 0.3 is 0 Å². The molecule has 1 atom stereocenters. The highest BCUT2D eigenvalue weighted by Gasteiger charge is 2.11. The number of benzene rings is 2. The van der Waals surface area contributed by atoms with Gasteiger partial charge in [0.05, 0.1) is 9.95 Å². The Hall–Kier alpha value is -2.11. The van der Waals surface area contributed by atoms with E-state index in [-0.39, 0.29) is 18.3 Å². The molecule has 0 bridgehead atoms. The standard InChI is InChI=1S/C15H15ClN2O3/c1-10(17)13-4-2-3-5-15(13)21-9-11-6-7-12(18(19)20)8-14(11)16/h2-8,10H,9,17H2,1H3/t10-/m0/s1. The molecule has 2 aromatic carbocycles. The lowest BCUT2D eigenvalue weighted by molar-refractivity contribution is -0.384. The molecule has 2 N–H and O–H groups in total. The topological polar surface area (TPSA) is 78.4 Å². The SMILES string of the molecule is C[C@H](N)c1ccccc1OCc1ccc([N+](=O)[O-])cc1Cl. The molecule has 0 aromatic heterocycles. The van der Waals surface area contributed by atoms with Gasteiger partial charge in [0.2, 0.25) is 0 Å². The molecule has 2 rings (SSSR count). The average molecular weight is 307 g/mol. The third kappa shape index (κ3) is 3.71. The van der Waals surface area contributed by atoms with E-state index in [1.165, 1.54) is 12.1 Å². The summed E-state index contributed by atoms with van der Waals surface area (Å²) in [4.78, 5) is 10.2. The Morgan fingerprint density at radius 3 is 2.67 bits per heavy atom. The Kier molecular flexibility index (Phi) is 4.77. The number of nitrogens with two attached hydrogens (primary N) is 1. The van der Waals surface area contributed by atoms with Gasteiger partial charge in [-0.05, 0) is 19.1 Å². The summed E-state index contributed by atoms with van der Waals surface area (Å²) in [6.07, 6.45) is 0. The lowest BCUT2D eigenvalue weighted by Crippen LogP contribution is -2.08. The van der Waals surface area contributed by atoms with Gasteiger partial charge in [0, 0.05) is 29.3 Å². The molecule has 110 valence electrons. The molecule has 0 aliphatic carbocycles. The summed E-state index contributed by atoms with van der Waals surface area (Å²) in [7, 11) is 0. The molecule has 0 aliphatic heterocycles. The fraction of sp³-hybridized carbons (Fsp3) is 0.200. The van der Waals surface area contributed by atoms with Crippen molar-refractivity contribution in [2.24, 2.45) is 5.73 Å². The van der Waals surface area contributed by atoms with Crippen LogP contribution in [0.1, 0.15) is 24.1 Å². The third-order valence-electron chi connectivity index (χ3n) is 3.04. The number of non-ortho nitro benzene ring substituents is 1. The number of rotatable bonds is 5. The van der Waals surface area contributed by atoms with Crippen molar-refractivity contribution in [1.82, 2.24) is 0 Å². The molecule has 6 heteroatoms. The summed E-state index contributed by atoms with van der Waals surface area (Å²) in [6, 6.07) is 11.7. The summed E-state index contributed by atoms with van der Waals surface area (Å²) in [6.45, 7) is 2.10. The first-order valence-corrected chi connectivity index (χ1v) is 6.77. The molecule has 2 aromatic rings. The van der Waals surface area contributed by atoms with E-state index in [9.17, 15) is 10.1 Å². The summed E-state index contributed by atoms with van der Waals surface area (Å²) in [5, 5.41) is 11.0. The lowest BCUT2D eigenvalue weighted by atomic mass is 10.1. The van der Waals surface area contributed by atoms with E-state index in [0.29, 0.717) is 16.3 Å². The van der Waals surface area contributed by atoms with Gasteiger partial charge in [-0.2, -0.15) is 0 Å². The van der Waals surface area contributed by atoms with Gasteiger partial charge in [0.15, 0.2) is 0 Å². The summed E-state index contributed by atoms with van der Waals surface area (Å²) in [5.74, 6) is 0.682. The van der Waals surface area contributed by atoms with E-state index >= 15 is 0 Å². The van der Waals surface area contributed by atoms with Crippen molar-refractivity contribution in [3.05, 3.63) is 68.7 Å². The fourth-order valence-electron chi connectivity index (χ4n) is 1.91. The highest BCUT2D eigenvalue weighted by molar-refractivity contribution is 6.31. The summed E-state index contributed by atoms with van der Waals surface area (Å²) in [5.41, 5.74) is 7.42. The molecular formula is C15H15ClN2O3. The molecular weight excluding hydrogens is 292 g/mol. The highest BCUT2D eigenvalue weighted by atomic mass is 35.5. The molecule has 0 saturated heterocycles. The maximum Gasteiger partial charge on any atom is 0.270 e. The van der Waals surface area contributed by atoms with Crippen molar-refractivity contribution in [2.45, 2.75) is 19.6 Å². The van der Waals surface area contributed by atoms with Crippen molar-refractivity contribution >= 4 is 17.3 Å². The highest BCUT2D eigenvalue weighted by Crippen LogP contribution is 2.27. The van der Waals surface area contributed by atoms with Crippen LogP contribution in [-0.4, -0.2) is 4.92 Å². The van der Waals surface area contributed by atoms with Crippen LogP contribution in [0.3, 0.4) is 0 Å². The number of hydrogen-bond donors (Lipinski definition) is 1. The van der Waals surface area contributed by atoms with Crippen LogP contribution < -0.4 is 10.5 Å². The predicted octanol–water partition coefficient (Wildman–Crippen LogP) is 3.85. The molecule has 0 fully saturated rings. The number of nitro benzene ring substituents is 1. The predicted molar refractivity (Wildman–Crippen MR) is 81.5 cm³/mol. The number of para-hydroxylation sites is 1. The molecule has 21 heavy (non-hydrogen) atoms. The Balaban J connectivity index is 2.15. The molecule has 0 saturated carbocycles. The average Bonchev–Trinajstić information content (AvgIpc) is 2.46. The van der Waals surface area contributed by atoms with Gasteiger partial charge in [0.1, 0.15) is 12.4 Å². The van der Waals surface area contributed by atoms with Gasteiger partial charge in [-0.15, -0.1) is 0 Å². The number of nitro groups is 1. The Bertz CT molecular complexity index is 659. The Labute approximate surface area is 127 Å². The second-order valence-corrected chi connectivity index (χ2v) is 5.06. The minimum Gasteiger partial charge on any atom is -0.489 e. The molecule has 0 heterocycles. The van der Waals surface area contributed by atoms with E-state index < -0.39 is 4.92 Å². The van der Waals surface area contributed by atoms with Crippen LogP contribution in [0, 0.1) is 10.1 Å². The molecule has 0 spiro atoms. The van der Waals surface area contributed by atoms with E-state index in [4.69, 9.17) is 22.1 Å². The van der Waals surface area contributed by atoms with Crippen molar-refractivity contribution in [3.8, 4) is 5.75 Å². The first-order valence-electron chi connectivity index (χ1n) is 6.39. The lowest BCUT2D eigenvalue weighted by Gasteiger charge is -2.14. The molecule has 0 aliphatic rings. The van der Waals surface area contributed by atoms with Gasteiger partial charge in [-0.3, -0.25) is 10.1 Å². The van der Waals surface area contributed by atoms with E-state index in [1.54, 1.807) is 6.07 Å². The van der Waals surface area contributed by atoms with Crippen LogP contribution >= 0.6 is 11.6 Å². The normalized spacial score (nSPS) is 12.0. The van der Waals surface area contributed by atoms with Crippen molar-refractivity contribution < 1.29 is 9.66 Å². The van der Waals surface area contributed by atoms with Crippen LogP contribution in [-0.2, 0) is 6.61 Å². The second-order valence-electron chi connectivity index (χ2n) is 4.65. The van der Waals surface area contributed by atoms with Crippen molar-refractivity contribution in [2.75, 3.05) is 0 Å². The fourth-order valence-corrected chi connectivity index (χ4v) is 2.14. The van der Waals surface area contributed by atoms with E-state index in [0.717, 1.165) is 5.56 Å². The smallest absolute Gasteiger partial charge is 0.270 e. The quantitative estimate of drug-likeness (QED) is 0.672. The zero-order chi connectivity index (χ0) is 15.4. The zero-order valence-electron chi connectivity index (χ0n) is 11.5. The molecule has 0 unspecified atom stereocenters. The summed E-state index contributed by atoms with van der Waals surface area (Å²) < 4.78 is 5.73. The van der Waals surface area contributed by atoms with Crippen molar-refractivity contribution in [3.63, 3.8) is 0 Å². The van der Waals surface area contributed by atoms with Gasteiger partial charge < -0.3 is 10.5 Å². The number of hydrogen-bond acceptors (Lipinski definition) is 4. The molecule has 0 amide bonds. The minimum atomic E-state index is -0.484. The molecule has 0 radical (unpaired) electrons. The van der Waals surface area contributed by atoms with Gasteiger partial charge in [0.25, 0.3) is 5.69 Å². The number of nitrogens with zero attached hydrogens (tertiary/aromatic N) is 1. The van der Waals surface area contributed by atoms with E-state index in [1.807, 2.05) is 31.2 Å². The number of halogens is 1.